The van der Waals surface area contributed by atoms with Gasteiger partial charge in [0, 0.05) is 50.5 Å². The molecule has 2 aliphatic rings. The van der Waals surface area contributed by atoms with Gasteiger partial charge in [-0.3, -0.25) is 9.80 Å². The van der Waals surface area contributed by atoms with E-state index in [1.165, 1.54) is 4.90 Å². The molecule has 0 radical (unpaired) electrons. The van der Waals surface area contributed by atoms with Gasteiger partial charge in [0.1, 0.15) is 0 Å². The Labute approximate surface area is 214 Å². The number of nitrogens with zero attached hydrogens (tertiary/aromatic N) is 3. The van der Waals surface area contributed by atoms with E-state index in [0.29, 0.717) is 37.4 Å². The number of carbonyl (C=O) groups excluding carboxylic acids is 3. The molecule has 1 aromatic carbocycles. The highest BCUT2D eigenvalue weighted by Gasteiger charge is 2.39. The molecule has 2 N–H and O–H groups in total. The summed E-state index contributed by atoms with van der Waals surface area (Å²) in [6.07, 6.45) is 0. The normalized spacial score (nSPS) is 21.4. The third-order valence-electron chi connectivity index (χ3n) is 6.64. The fraction of sp³-hybridized carbons (Fsp3) is 0.593. The average molecular weight is 500 g/mol. The standard InChI is InChI=1S/C27H41N5O4/c1-9-36-24(33)22-21(16-31-12-13-32(19(4)15-31)26(35)29-27(5,6)7)30(8)25(34)28-23(22)20-11-10-17(2)14-18(20)3/h10-11,14,19,23H,9,12-13,15-16H2,1-8H3,(H,28,34)(H,29,35)/t19-,23+/m0/s1. The maximum absolute atomic E-state index is 13.3. The highest BCUT2D eigenvalue weighted by Crippen LogP contribution is 2.33. The summed E-state index contributed by atoms with van der Waals surface area (Å²) in [7, 11) is 1.68. The molecule has 0 unspecified atom stereocenters. The number of rotatable bonds is 5. The lowest BCUT2D eigenvalue weighted by molar-refractivity contribution is -0.139. The summed E-state index contributed by atoms with van der Waals surface area (Å²) in [5, 5.41) is 6.03. The zero-order chi connectivity index (χ0) is 26.8. The van der Waals surface area contributed by atoms with Crippen LogP contribution in [0.1, 0.15) is 57.4 Å². The fourth-order valence-electron chi connectivity index (χ4n) is 4.86. The van der Waals surface area contributed by atoms with Crippen LogP contribution in [0.4, 0.5) is 9.59 Å². The Bertz CT molecular complexity index is 1050. The van der Waals surface area contributed by atoms with Crippen LogP contribution >= 0.6 is 0 Å². The minimum Gasteiger partial charge on any atom is -0.463 e. The molecule has 0 bridgehead atoms. The molecule has 1 aromatic rings. The molecule has 0 saturated carbocycles. The lowest BCUT2D eigenvalue weighted by Gasteiger charge is -2.43. The van der Waals surface area contributed by atoms with Crippen LogP contribution in [0.15, 0.2) is 29.5 Å². The minimum atomic E-state index is -0.598. The van der Waals surface area contributed by atoms with E-state index >= 15 is 0 Å². The molecule has 1 saturated heterocycles. The number of carbonyl (C=O) groups is 3. The lowest BCUT2D eigenvalue weighted by Crippen LogP contribution is -2.59. The Morgan fingerprint density at radius 2 is 1.89 bits per heavy atom. The molecule has 4 amide bonds. The Kier molecular flexibility index (Phi) is 8.33. The van der Waals surface area contributed by atoms with Crippen molar-refractivity contribution in [2.24, 2.45) is 0 Å². The second-order valence-corrected chi connectivity index (χ2v) is 10.8. The fourth-order valence-corrected chi connectivity index (χ4v) is 4.86. The molecule has 9 heteroatoms. The molecule has 9 nitrogen and oxygen atoms in total. The van der Waals surface area contributed by atoms with Crippen molar-refractivity contribution in [1.82, 2.24) is 25.3 Å². The summed E-state index contributed by atoms with van der Waals surface area (Å²) >= 11 is 0. The van der Waals surface area contributed by atoms with Gasteiger partial charge in [-0.1, -0.05) is 23.8 Å². The van der Waals surface area contributed by atoms with Crippen LogP contribution in [0.2, 0.25) is 0 Å². The number of aryl methyl sites for hydroxylation is 2. The molecule has 2 atom stereocenters. The maximum atomic E-state index is 13.3. The van der Waals surface area contributed by atoms with E-state index < -0.39 is 12.0 Å². The number of esters is 1. The molecule has 198 valence electrons. The van der Waals surface area contributed by atoms with E-state index in [2.05, 4.69) is 15.5 Å². The Hall–Kier alpha value is -3.07. The summed E-state index contributed by atoms with van der Waals surface area (Å²) < 4.78 is 5.46. The van der Waals surface area contributed by atoms with E-state index in [0.717, 1.165) is 16.7 Å². The van der Waals surface area contributed by atoms with Crippen LogP contribution in [0.3, 0.4) is 0 Å². The number of likely N-dealkylation sites (N-methyl/N-ethyl adjacent to an activating group) is 1. The van der Waals surface area contributed by atoms with Gasteiger partial charge in [0.05, 0.1) is 18.2 Å². The average Bonchev–Trinajstić information content (AvgIpc) is 2.75. The van der Waals surface area contributed by atoms with E-state index in [-0.39, 0.29) is 30.2 Å². The highest BCUT2D eigenvalue weighted by atomic mass is 16.5. The van der Waals surface area contributed by atoms with Crippen molar-refractivity contribution in [2.45, 2.75) is 66.1 Å². The van der Waals surface area contributed by atoms with Crippen LogP contribution in [0, 0.1) is 13.8 Å². The molecule has 2 aliphatic heterocycles. The van der Waals surface area contributed by atoms with Gasteiger partial charge in [-0.15, -0.1) is 0 Å². The predicted molar refractivity (Wildman–Crippen MR) is 140 cm³/mol. The Balaban J connectivity index is 1.92. The number of hydrogen-bond acceptors (Lipinski definition) is 5. The quantitative estimate of drug-likeness (QED) is 0.606. The van der Waals surface area contributed by atoms with Gasteiger partial charge in [0.25, 0.3) is 0 Å². The van der Waals surface area contributed by atoms with Crippen molar-refractivity contribution >= 4 is 18.0 Å². The van der Waals surface area contributed by atoms with Gasteiger partial charge in [0.2, 0.25) is 0 Å². The highest BCUT2D eigenvalue weighted by molar-refractivity contribution is 5.95. The number of urea groups is 2. The molecule has 36 heavy (non-hydrogen) atoms. The van der Waals surface area contributed by atoms with Crippen molar-refractivity contribution in [1.29, 1.82) is 0 Å². The van der Waals surface area contributed by atoms with Crippen LogP contribution < -0.4 is 10.6 Å². The number of benzene rings is 1. The van der Waals surface area contributed by atoms with E-state index in [9.17, 15) is 14.4 Å². The van der Waals surface area contributed by atoms with Crippen molar-refractivity contribution in [3.8, 4) is 0 Å². The third kappa shape index (κ3) is 6.19. The minimum absolute atomic E-state index is 0.0226. The second-order valence-electron chi connectivity index (χ2n) is 10.8. The summed E-state index contributed by atoms with van der Waals surface area (Å²) in [4.78, 5) is 44.6. The van der Waals surface area contributed by atoms with Gasteiger partial charge in [-0.25, -0.2) is 14.4 Å². The van der Waals surface area contributed by atoms with Gasteiger partial charge in [-0.2, -0.15) is 0 Å². The number of amides is 4. The monoisotopic (exact) mass is 499 g/mol. The molecule has 2 heterocycles. The smallest absolute Gasteiger partial charge is 0.338 e. The zero-order valence-corrected chi connectivity index (χ0v) is 22.9. The maximum Gasteiger partial charge on any atom is 0.338 e. The number of ether oxygens (including phenoxy) is 1. The van der Waals surface area contributed by atoms with Crippen molar-refractivity contribution in [2.75, 3.05) is 39.8 Å². The summed E-state index contributed by atoms with van der Waals surface area (Å²) in [6.45, 7) is 16.1. The molecule has 3 rings (SSSR count). The molecule has 0 aliphatic carbocycles. The molecule has 1 fully saturated rings. The van der Waals surface area contributed by atoms with Crippen LogP contribution in [0.25, 0.3) is 0 Å². The largest absolute Gasteiger partial charge is 0.463 e. The first kappa shape index (κ1) is 27.5. The third-order valence-corrected chi connectivity index (χ3v) is 6.64. The SMILES string of the molecule is CCOC(=O)C1=C(CN2CCN(C(=O)NC(C)(C)C)[C@@H](C)C2)N(C)C(=O)N[C@@H]1c1ccc(C)cc1C. The Morgan fingerprint density at radius 1 is 1.19 bits per heavy atom. The summed E-state index contributed by atoms with van der Waals surface area (Å²) in [6, 6.07) is 5.03. The van der Waals surface area contributed by atoms with Crippen molar-refractivity contribution in [3.05, 3.63) is 46.2 Å². The first-order valence-corrected chi connectivity index (χ1v) is 12.6. The molecular formula is C27H41N5O4. The van der Waals surface area contributed by atoms with Crippen LogP contribution in [-0.2, 0) is 9.53 Å². The van der Waals surface area contributed by atoms with E-state index in [1.807, 2.05) is 64.6 Å². The molecular weight excluding hydrogens is 458 g/mol. The number of nitrogens with one attached hydrogen (secondary N) is 2. The second kappa shape index (κ2) is 10.9. The zero-order valence-electron chi connectivity index (χ0n) is 22.9. The number of hydrogen-bond donors (Lipinski definition) is 2. The van der Waals surface area contributed by atoms with Gasteiger partial charge in [0.15, 0.2) is 0 Å². The molecule has 0 aromatic heterocycles. The lowest BCUT2D eigenvalue weighted by atomic mass is 9.90. The first-order valence-electron chi connectivity index (χ1n) is 12.6. The van der Waals surface area contributed by atoms with Gasteiger partial charge in [-0.05, 0) is 59.6 Å². The Morgan fingerprint density at radius 3 is 2.47 bits per heavy atom. The predicted octanol–water partition coefficient (Wildman–Crippen LogP) is 3.33. The van der Waals surface area contributed by atoms with Crippen molar-refractivity contribution in [3.63, 3.8) is 0 Å². The van der Waals surface area contributed by atoms with Gasteiger partial charge >= 0.3 is 18.0 Å². The van der Waals surface area contributed by atoms with Crippen LogP contribution in [0.5, 0.6) is 0 Å². The molecule has 0 spiro atoms. The van der Waals surface area contributed by atoms with E-state index in [1.54, 1.807) is 14.0 Å². The first-order chi connectivity index (χ1) is 16.8. The van der Waals surface area contributed by atoms with Crippen molar-refractivity contribution < 1.29 is 19.1 Å². The summed E-state index contributed by atoms with van der Waals surface area (Å²) in [5.74, 6) is -0.430. The van der Waals surface area contributed by atoms with E-state index in [4.69, 9.17) is 4.74 Å². The van der Waals surface area contributed by atoms with Crippen LogP contribution in [-0.4, -0.2) is 84.1 Å². The van der Waals surface area contributed by atoms with Gasteiger partial charge < -0.3 is 20.3 Å². The summed E-state index contributed by atoms with van der Waals surface area (Å²) in [5.41, 5.74) is 3.75. The number of piperazine rings is 1. The topological polar surface area (TPSA) is 94.2 Å².